The topological polar surface area (TPSA) is 64.6 Å². The molecule has 0 aromatic carbocycles. The summed E-state index contributed by atoms with van der Waals surface area (Å²) in [5.74, 6) is 1.58. The van der Waals surface area contributed by atoms with Gasteiger partial charge in [0.1, 0.15) is 5.69 Å². The van der Waals surface area contributed by atoms with E-state index in [1.807, 2.05) is 12.2 Å². The van der Waals surface area contributed by atoms with Crippen molar-refractivity contribution in [2.45, 2.75) is 25.7 Å². The molecule has 3 aliphatic rings. The molecule has 0 bridgehead atoms. The average molecular weight is 395 g/mol. The fourth-order valence-corrected chi connectivity index (χ4v) is 3.97. The zero-order valence-electron chi connectivity index (χ0n) is 17.0. The number of fused-ring (bicyclic) bond motifs is 1. The molecule has 2 saturated heterocycles. The lowest BCUT2D eigenvalue weighted by Gasteiger charge is -2.34. The molecule has 0 saturated carbocycles. The summed E-state index contributed by atoms with van der Waals surface area (Å²) in [6, 6.07) is 0. The van der Waals surface area contributed by atoms with Crippen LogP contribution in [0.5, 0.6) is 0 Å². The number of hydrogen-bond acceptors (Lipinski definition) is 6. The van der Waals surface area contributed by atoms with E-state index in [1.54, 1.807) is 6.20 Å². The largest absolute Gasteiger partial charge is 0.345 e. The van der Waals surface area contributed by atoms with Crippen LogP contribution < -0.4 is 15.1 Å². The fraction of sp³-hybridized carbons (Fsp3) is 0.500. The van der Waals surface area contributed by atoms with Gasteiger partial charge in [0, 0.05) is 26.2 Å². The Labute approximate surface area is 172 Å². The number of carbonyl (C=O) groups is 1. The van der Waals surface area contributed by atoms with Gasteiger partial charge in [0.05, 0.1) is 12.7 Å². The second kappa shape index (κ2) is 9.22. The van der Waals surface area contributed by atoms with E-state index >= 15 is 0 Å². The summed E-state index contributed by atoms with van der Waals surface area (Å²) >= 11 is 0. The summed E-state index contributed by atoms with van der Waals surface area (Å²) in [6.07, 6.45) is 14.6. The Hall–Kier alpha value is -2.67. The van der Waals surface area contributed by atoms with Crippen LogP contribution in [0.25, 0.3) is 0 Å². The van der Waals surface area contributed by atoms with Crippen molar-refractivity contribution < 1.29 is 4.79 Å². The molecule has 3 aliphatic heterocycles. The fourth-order valence-electron chi connectivity index (χ4n) is 3.97. The van der Waals surface area contributed by atoms with Crippen LogP contribution in [0.3, 0.4) is 0 Å². The molecule has 0 radical (unpaired) electrons. The first-order valence-electron chi connectivity index (χ1n) is 10.6. The molecule has 0 aliphatic carbocycles. The second-order valence-corrected chi connectivity index (χ2v) is 7.86. The Kier molecular flexibility index (Phi) is 6.24. The van der Waals surface area contributed by atoms with Gasteiger partial charge in [0.15, 0.2) is 5.82 Å². The van der Waals surface area contributed by atoms with Crippen molar-refractivity contribution in [3.05, 3.63) is 42.7 Å². The minimum Gasteiger partial charge on any atom is -0.345 e. The molecule has 154 valence electrons. The van der Waals surface area contributed by atoms with E-state index < -0.39 is 0 Å². The predicted molar refractivity (Wildman–Crippen MR) is 117 cm³/mol. The van der Waals surface area contributed by atoms with Crippen molar-refractivity contribution in [2.24, 2.45) is 0 Å². The molecule has 0 unspecified atom stereocenters. The highest BCUT2D eigenvalue weighted by molar-refractivity contribution is 6.00. The lowest BCUT2D eigenvalue weighted by atomic mass is 10.1. The van der Waals surface area contributed by atoms with Gasteiger partial charge >= 0.3 is 0 Å². The monoisotopic (exact) mass is 394 g/mol. The maximum Gasteiger partial charge on any atom is 0.244 e. The number of aromatic nitrogens is 2. The Morgan fingerprint density at radius 3 is 2.76 bits per heavy atom. The normalized spacial score (nSPS) is 20.0. The number of carbonyl (C=O) groups excluding carboxylic acids is 1. The lowest BCUT2D eigenvalue weighted by molar-refractivity contribution is -0.115. The van der Waals surface area contributed by atoms with Gasteiger partial charge in [0.25, 0.3) is 0 Å². The first-order chi connectivity index (χ1) is 14.2. The van der Waals surface area contributed by atoms with E-state index in [1.165, 1.54) is 37.9 Å². The summed E-state index contributed by atoms with van der Waals surface area (Å²) in [5.41, 5.74) is 2.01. The van der Waals surface area contributed by atoms with Crippen LogP contribution in [0.1, 0.15) is 25.7 Å². The third-order valence-electron chi connectivity index (χ3n) is 5.66. The minimum atomic E-state index is -0.00868. The average Bonchev–Trinajstić information content (AvgIpc) is 3.18. The Morgan fingerprint density at radius 1 is 1.21 bits per heavy atom. The van der Waals surface area contributed by atoms with Gasteiger partial charge in [-0.1, -0.05) is 30.9 Å². The smallest absolute Gasteiger partial charge is 0.244 e. The zero-order valence-corrected chi connectivity index (χ0v) is 17.0. The molecule has 2 fully saturated rings. The van der Waals surface area contributed by atoms with E-state index in [9.17, 15) is 4.79 Å². The maximum absolute atomic E-state index is 12.1. The van der Waals surface area contributed by atoms with Crippen LogP contribution in [0.2, 0.25) is 0 Å². The second-order valence-electron chi connectivity index (χ2n) is 7.86. The van der Waals surface area contributed by atoms with Gasteiger partial charge < -0.3 is 15.1 Å². The molecule has 7 nitrogen and oxygen atoms in total. The van der Waals surface area contributed by atoms with Crippen LogP contribution in [0.4, 0.5) is 17.5 Å². The molecule has 1 aromatic heterocycles. The van der Waals surface area contributed by atoms with Crippen LogP contribution in [-0.4, -0.2) is 66.6 Å². The molecular formula is C22H30N6O. The van der Waals surface area contributed by atoms with Crippen LogP contribution in [0, 0.1) is 0 Å². The van der Waals surface area contributed by atoms with Gasteiger partial charge in [0.2, 0.25) is 11.9 Å². The van der Waals surface area contributed by atoms with Crippen molar-refractivity contribution in [3.63, 3.8) is 0 Å². The summed E-state index contributed by atoms with van der Waals surface area (Å²) in [7, 11) is 0. The molecule has 0 atom stereocenters. The molecule has 0 spiro atoms. The Balaban J connectivity index is 1.45. The number of anilines is 3. The minimum absolute atomic E-state index is 0.00868. The summed E-state index contributed by atoms with van der Waals surface area (Å²) in [4.78, 5) is 28.0. The highest BCUT2D eigenvalue weighted by Gasteiger charge is 2.26. The number of allylic oxidation sites excluding steroid dienone is 2. The highest BCUT2D eigenvalue weighted by atomic mass is 16.2. The Bertz CT molecular complexity index is 808. The number of nitrogens with one attached hydrogen (secondary N) is 1. The summed E-state index contributed by atoms with van der Waals surface area (Å²) in [6.45, 7) is 10.2. The summed E-state index contributed by atoms with van der Waals surface area (Å²) < 4.78 is 0. The van der Waals surface area contributed by atoms with Gasteiger partial charge in [-0.25, -0.2) is 4.98 Å². The molecule has 4 rings (SSSR count). The molecule has 1 amide bonds. The van der Waals surface area contributed by atoms with E-state index in [-0.39, 0.29) is 5.91 Å². The number of nitrogens with zero attached hydrogens (tertiary/aromatic N) is 5. The number of hydrogen-bond donors (Lipinski definition) is 1. The predicted octanol–water partition coefficient (Wildman–Crippen LogP) is 2.60. The molecule has 7 heteroatoms. The quantitative estimate of drug-likeness (QED) is 0.684. The van der Waals surface area contributed by atoms with Crippen molar-refractivity contribution in [1.82, 2.24) is 14.9 Å². The van der Waals surface area contributed by atoms with Crippen LogP contribution in [-0.2, 0) is 4.79 Å². The van der Waals surface area contributed by atoms with E-state index in [4.69, 9.17) is 4.98 Å². The lowest BCUT2D eigenvalue weighted by Crippen LogP contribution is -2.41. The number of rotatable bonds is 8. The standard InChI is InChI=1S/C22H30N6O/c1-2-3-8-18(16-26-10-4-5-11-26)9-6-12-28-17-20(29)24-19-15-23-22(25-21(19)28)27-13-7-14-27/h2-3,8-9,15H,1,4-7,10-14,16-17H2,(H,24,29)/b8-3-,18-9+. The van der Waals surface area contributed by atoms with Crippen molar-refractivity contribution >= 4 is 23.4 Å². The van der Waals surface area contributed by atoms with Crippen LogP contribution in [0.15, 0.2) is 42.7 Å². The molecule has 29 heavy (non-hydrogen) atoms. The zero-order chi connectivity index (χ0) is 20.1. The van der Waals surface area contributed by atoms with Gasteiger partial charge in [-0.3, -0.25) is 9.69 Å². The van der Waals surface area contributed by atoms with Crippen molar-refractivity contribution in [3.8, 4) is 0 Å². The number of amides is 1. The maximum atomic E-state index is 12.1. The third-order valence-corrected chi connectivity index (χ3v) is 5.66. The van der Waals surface area contributed by atoms with E-state index in [2.05, 4.69) is 43.7 Å². The first-order valence-corrected chi connectivity index (χ1v) is 10.6. The molecule has 1 aromatic rings. The van der Waals surface area contributed by atoms with Crippen molar-refractivity contribution in [1.29, 1.82) is 0 Å². The van der Waals surface area contributed by atoms with E-state index in [0.29, 0.717) is 12.2 Å². The van der Waals surface area contributed by atoms with Gasteiger partial charge in [-0.05, 0) is 44.3 Å². The molecule has 4 heterocycles. The van der Waals surface area contributed by atoms with E-state index in [0.717, 1.165) is 44.4 Å². The number of likely N-dealkylation sites (tertiary alicyclic amines) is 1. The third kappa shape index (κ3) is 4.85. The van der Waals surface area contributed by atoms with Crippen molar-refractivity contribution in [2.75, 3.05) is 60.9 Å². The SMILES string of the molecule is C=C/C=C\C(=C/CCN1CC(=O)Nc2cnc(N3CCC3)nc21)CN1CCCC1. The van der Waals surface area contributed by atoms with Gasteiger partial charge in [-0.15, -0.1) is 0 Å². The highest BCUT2D eigenvalue weighted by Crippen LogP contribution is 2.29. The van der Waals surface area contributed by atoms with Gasteiger partial charge in [-0.2, -0.15) is 4.98 Å². The molecule has 1 N–H and O–H groups in total. The van der Waals surface area contributed by atoms with Crippen LogP contribution >= 0.6 is 0 Å². The first kappa shape index (κ1) is 19.6. The Morgan fingerprint density at radius 2 is 2.03 bits per heavy atom. The summed E-state index contributed by atoms with van der Waals surface area (Å²) in [5, 5.41) is 2.90. The molecular weight excluding hydrogens is 364 g/mol.